The highest BCUT2D eigenvalue weighted by molar-refractivity contribution is 4.81. The minimum Gasteiger partial charge on any atom is -0.276 e. The Hall–Kier alpha value is -0.600. The largest absolute Gasteiger partial charge is 0.276 e. The van der Waals surface area contributed by atoms with Crippen molar-refractivity contribution in [3.05, 3.63) is 0 Å². The van der Waals surface area contributed by atoms with E-state index >= 15 is 0 Å². The van der Waals surface area contributed by atoms with Crippen LogP contribution in [-0.4, -0.2) is 24.1 Å². The fraction of sp³-hybridized carbons (Fsp3) is 1.00. The van der Waals surface area contributed by atoms with Gasteiger partial charge in [-0.2, -0.15) is 5.11 Å². The van der Waals surface area contributed by atoms with Crippen molar-refractivity contribution < 1.29 is 0 Å². The highest BCUT2D eigenvalue weighted by Crippen LogP contribution is 2.23. The molecule has 0 radical (unpaired) electrons. The fourth-order valence-corrected chi connectivity index (χ4v) is 1.17. The summed E-state index contributed by atoms with van der Waals surface area (Å²) in [4.78, 5) is 0. The Labute approximate surface area is 48.4 Å². The monoisotopic (exact) mass is 111 g/mol. The van der Waals surface area contributed by atoms with Crippen molar-refractivity contribution in [1.29, 1.82) is 0 Å². The van der Waals surface area contributed by atoms with Crippen LogP contribution in [0.2, 0.25) is 0 Å². The van der Waals surface area contributed by atoms with E-state index in [0.29, 0.717) is 0 Å². The van der Waals surface area contributed by atoms with Crippen LogP contribution in [0.25, 0.3) is 0 Å². The molecular weight excluding hydrogens is 102 g/mol. The van der Waals surface area contributed by atoms with Crippen LogP contribution in [0, 0.1) is 0 Å². The fourth-order valence-electron chi connectivity index (χ4n) is 1.17. The van der Waals surface area contributed by atoms with E-state index in [1.807, 2.05) is 0 Å². The lowest BCUT2D eigenvalue weighted by Gasteiger charge is -2.39. The second-order valence-corrected chi connectivity index (χ2v) is 2.35. The third-order valence-electron chi connectivity index (χ3n) is 1.85. The molecule has 0 bridgehead atoms. The quantitative estimate of drug-likeness (QED) is 0.455. The first-order chi connectivity index (χ1) is 3.97. The second-order valence-electron chi connectivity index (χ2n) is 2.35. The highest BCUT2D eigenvalue weighted by atomic mass is 15.6. The minimum absolute atomic E-state index is 0.757. The van der Waals surface area contributed by atoms with E-state index in [2.05, 4.69) is 15.3 Å². The van der Waals surface area contributed by atoms with E-state index in [4.69, 9.17) is 0 Å². The summed E-state index contributed by atoms with van der Waals surface area (Å²) in [7, 11) is 0. The average molecular weight is 111 g/mol. The van der Waals surface area contributed by atoms with Gasteiger partial charge in [0.25, 0.3) is 0 Å². The first-order valence-corrected chi connectivity index (χ1v) is 3.11. The molecule has 0 aromatic carbocycles. The summed E-state index contributed by atoms with van der Waals surface area (Å²) in [6.45, 7) is 2.08. The maximum Gasteiger partial charge on any atom is 0.0640 e. The maximum absolute atomic E-state index is 3.96. The summed E-state index contributed by atoms with van der Waals surface area (Å²) < 4.78 is 0. The molecule has 0 saturated carbocycles. The van der Waals surface area contributed by atoms with Gasteiger partial charge in [0.05, 0.1) is 12.6 Å². The molecule has 1 fully saturated rings. The summed E-state index contributed by atoms with van der Waals surface area (Å²) in [5.74, 6) is 0. The van der Waals surface area contributed by atoms with Gasteiger partial charge in [0.2, 0.25) is 0 Å². The number of nitrogens with zero attached hydrogens (tertiary/aromatic N) is 3. The molecule has 0 N–H and O–H groups in total. The topological polar surface area (TPSA) is 28.0 Å². The van der Waals surface area contributed by atoms with Gasteiger partial charge in [0.15, 0.2) is 0 Å². The predicted octanol–water partition coefficient (Wildman–Crippen LogP) is 0.832. The zero-order chi connectivity index (χ0) is 5.40. The van der Waals surface area contributed by atoms with Crippen molar-refractivity contribution in [2.45, 2.75) is 18.9 Å². The SMILES string of the molecule is C1CC2CCN2N=N1. The molecule has 1 saturated heterocycles. The molecule has 1 unspecified atom stereocenters. The maximum atomic E-state index is 3.96. The van der Waals surface area contributed by atoms with Crippen molar-refractivity contribution >= 4 is 0 Å². The summed E-state index contributed by atoms with van der Waals surface area (Å²) in [5, 5.41) is 9.94. The number of hydrogen-bond acceptors (Lipinski definition) is 3. The Balaban J connectivity index is 2.08. The van der Waals surface area contributed by atoms with E-state index in [1.165, 1.54) is 12.8 Å². The van der Waals surface area contributed by atoms with Gasteiger partial charge in [-0.1, -0.05) is 5.22 Å². The molecule has 2 heterocycles. The third kappa shape index (κ3) is 0.441. The molecule has 1 atom stereocenters. The van der Waals surface area contributed by atoms with Crippen LogP contribution in [-0.2, 0) is 0 Å². The highest BCUT2D eigenvalue weighted by Gasteiger charge is 2.28. The molecule has 2 aliphatic rings. The molecule has 2 aliphatic heterocycles. The Bertz CT molecular complexity index is 121. The Morgan fingerprint density at radius 3 is 2.75 bits per heavy atom. The third-order valence-corrected chi connectivity index (χ3v) is 1.85. The van der Waals surface area contributed by atoms with Gasteiger partial charge in [0, 0.05) is 6.54 Å². The minimum atomic E-state index is 0.757. The normalized spacial score (nSPS) is 34.0. The standard InChI is InChI=1S/C5H9N3/c1-3-6-7-8-4-2-5(1)8/h5H,1-4H2. The van der Waals surface area contributed by atoms with Gasteiger partial charge in [-0.15, -0.1) is 0 Å². The van der Waals surface area contributed by atoms with E-state index < -0.39 is 0 Å². The summed E-state index contributed by atoms with van der Waals surface area (Å²) in [6, 6.07) is 0.757. The van der Waals surface area contributed by atoms with Crippen molar-refractivity contribution in [2.24, 2.45) is 10.3 Å². The van der Waals surface area contributed by atoms with E-state index in [0.717, 1.165) is 19.1 Å². The Kier molecular flexibility index (Phi) is 0.771. The molecule has 0 aromatic rings. The molecule has 0 aliphatic carbocycles. The first kappa shape index (κ1) is 4.30. The van der Waals surface area contributed by atoms with Crippen molar-refractivity contribution in [3.63, 3.8) is 0 Å². The predicted molar refractivity (Wildman–Crippen MR) is 29.5 cm³/mol. The van der Waals surface area contributed by atoms with Crippen LogP contribution >= 0.6 is 0 Å². The van der Waals surface area contributed by atoms with Crippen LogP contribution in [0.1, 0.15) is 12.8 Å². The lowest BCUT2D eigenvalue weighted by Crippen LogP contribution is -2.45. The number of hydrogen-bond donors (Lipinski definition) is 0. The second kappa shape index (κ2) is 1.44. The van der Waals surface area contributed by atoms with Crippen LogP contribution in [0.4, 0.5) is 0 Å². The van der Waals surface area contributed by atoms with Crippen LogP contribution < -0.4 is 0 Å². The van der Waals surface area contributed by atoms with E-state index in [1.54, 1.807) is 0 Å². The van der Waals surface area contributed by atoms with Gasteiger partial charge in [-0.25, -0.2) is 0 Å². The van der Waals surface area contributed by atoms with Gasteiger partial charge in [0.1, 0.15) is 0 Å². The van der Waals surface area contributed by atoms with Crippen LogP contribution in [0.3, 0.4) is 0 Å². The van der Waals surface area contributed by atoms with E-state index in [-0.39, 0.29) is 0 Å². The van der Waals surface area contributed by atoms with Crippen molar-refractivity contribution in [2.75, 3.05) is 13.1 Å². The smallest absolute Gasteiger partial charge is 0.0640 e. The summed E-state index contributed by atoms with van der Waals surface area (Å²) in [6.07, 6.45) is 2.56. The molecule has 0 spiro atoms. The van der Waals surface area contributed by atoms with Gasteiger partial charge < -0.3 is 0 Å². The lowest BCUT2D eigenvalue weighted by atomic mass is 10.0. The van der Waals surface area contributed by atoms with Gasteiger partial charge in [-0.3, -0.25) is 5.01 Å². The average Bonchev–Trinajstić information content (AvgIpc) is 1.72. The molecule has 8 heavy (non-hydrogen) atoms. The van der Waals surface area contributed by atoms with Crippen LogP contribution in [0.15, 0.2) is 10.3 Å². The zero-order valence-electron chi connectivity index (χ0n) is 4.75. The van der Waals surface area contributed by atoms with Crippen LogP contribution in [0.5, 0.6) is 0 Å². The Morgan fingerprint density at radius 1 is 1.38 bits per heavy atom. The molecule has 0 amide bonds. The molecule has 0 aromatic heterocycles. The van der Waals surface area contributed by atoms with E-state index in [9.17, 15) is 0 Å². The zero-order valence-corrected chi connectivity index (χ0v) is 4.75. The first-order valence-electron chi connectivity index (χ1n) is 3.11. The van der Waals surface area contributed by atoms with Gasteiger partial charge in [-0.05, 0) is 12.8 Å². The molecule has 2 rings (SSSR count). The number of rotatable bonds is 0. The molecule has 3 nitrogen and oxygen atoms in total. The summed E-state index contributed by atoms with van der Waals surface area (Å²) >= 11 is 0. The Morgan fingerprint density at radius 2 is 2.38 bits per heavy atom. The summed E-state index contributed by atoms with van der Waals surface area (Å²) in [5.41, 5.74) is 0. The lowest BCUT2D eigenvalue weighted by molar-refractivity contribution is 0.0607. The van der Waals surface area contributed by atoms with Gasteiger partial charge >= 0.3 is 0 Å². The number of fused-ring (bicyclic) bond motifs is 1. The molecular formula is C5H9N3. The van der Waals surface area contributed by atoms with Crippen molar-refractivity contribution in [3.8, 4) is 0 Å². The molecule has 3 heteroatoms. The van der Waals surface area contributed by atoms with Crippen molar-refractivity contribution in [1.82, 2.24) is 5.01 Å². The molecule has 44 valence electrons.